The van der Waals surface area contributed by atoms with Crippen LogP contribution in [-0.2, 0) is 0 Å². The van der Waals surface area contributed by atoms with Gasteiger partial charge in [-0.2, -0.15) is 0 Å². The van der Waals surface area contributed by atoms with E-state index in [1.165, 1.54) is 32.5 Å². The zero-order chi connectivity index (χ0) is 8.97. The van der Waals surface area contributed by atoms with Gasteiger partial charge in [-0.3, -0.25) is 4.90 Å². The van der Waals surface area contributed by atoms with Crippen LogP contribution in [0.25, 0.3) is 0 Å². The van der Waals surface area contributed by atoms with E-state index < -0.39 is 0 Å². The molecule has 1 aliphatic heterocycles. The van der Waals surface area contributed by atoms with Gasteiger partial charge in [0.15, 0.2) is 0 Å². The number of nitrogens with zero attached hydrogens (tertiary/aromatic N) is 1. The second kappa shape index (κ2) is 4.83. The van der Waals surface area contributed by atoms with Crippen molar-refractivity contribution in [2.75, 3.05) is 19.6 Å². The Balaban J connectivity index is 2.40. The monoisotopic (exact) mass is 170 g/mol. The molecular weight excluding hydrogens is 148 g/mol. The average molecular weight is 170 g/mol. The van der Waals surface area contributed by atoms with Gasteiger partial charge >= 0.3 is 0 Å². The molecule has 1 rings (SSSR count). The van der Waals surface area contributed by atoms with Gasteiger partial charge in [0, 0.05) is 25.2 Å². The topological polar surface area (TPSA) is 15.3 Å². The Kier molecular flexibility index (Phi) is 4.02. The summed E-state index contributed by atoms with van der Waals surface area (Å²) in [5, 5.41) is 3.34. The molecule has 0 atom stereocenters. The third kappa shape index (κ3) is 1.99. The zero-order valence-corrected chi connectivity index (χ0v) is 8.64. The molecule has 0 radical (unpaired) electrons. The van der Waals surface area contributed by atoms with E-state index in [9.17, 15) is 0 Å². The minimum Gasteiger partial charge on any atom is -0.314 e. The third-order valence-electron chi connectivity index (χ3n) is 3.01. The van der Waals surface area contributed by atoms with E-state index in [-0.39, 0.29) is 0 Å². The molecule has 72 valence electrons. The summed E-state index contributed by atoms with van der Waals surface area (Å²) >= 11 is 0. The fraction of sp³-hybridized carbons (Fsp3) is 1.00. The van der Waals surface area contributed by atoms with Crippen molar-refractivity contribution < 1.29 is 0 Å². The maximum absolute atomic E-state index is 3.34. The molecule has 1 N–H and O–H groups in total. The molecule has 2 heteroatoms. The van der Waals surface area contributed by atoms with Gasteiger partial charge in [-0.25, -0.2) is 0 Å². The van der Waals surface area contributed by atoms with Crippen molar-refractivity contribution in [1.29, 1.82) is 0 Å². The van der Waals surface area contributed by atoms with Gasteiger partial charge < -0.3 is 5.32 Å². The first-order valence-corrected chi connectivity index (χ1v) is 5.29. The van der Waals surface area contributed by atoms with Crippen LogP contribution in [0.15, 0.2) is 0 Å². The van der Waals surface area contributed by atoms with Crippen molar-refractivity contribution in [2.45, 2.75) is 45.7 Å². The molecule has 0 aromatic heterocycles. The van der Waals surface area contributed by atoms with E-state index in [0.717, 1.165) is 12.1 Å². The van der Waals surface area contributed by atoms with Crippen molar-refractivity contribution in [3.05, 3.63) is 0 Å². The Bertz CT molecular complexity index is 117. The van der Waals surface area contributed by atoms with E-state index in [2.05, 4.69) is 31.0 Å². The molecule has 1 aliphatic rings. The quantitative estimate of drug-likeness (QED) is 0.672. The Labute approximate surface area is 76.3 Å². The van der Waals surface area contributed by atoms with Crippen LogP contribution in [0.4, 0.5) is 0 Å². The van der Waals surface area contributed by atoms with Gasteiger partial charge in [-0.1, -0.05) is 20.8 Å². The smallest absolute Gasteiger partial charge is 0.0348 e. The fourth-order valence-corrected chi connectivity index (χ4v) is 2.08. The minimum atomic E-state index is 0.807. The van der Waals surface area contributed by atoms with E-state index in [1.54, 1.807) is 0 Å². The maximum atomic E-state index is 3.34. The number of hydrogen-bond donors (Lipinski definition) is 1. The van der Waals surface area contributed by atoms with Crippen LogP contribution >= 0.6 is 0 Å². The molecule has 0 aliphatic carbocycles. The van der Waals surface area contributed by atoms with Crippen molar-refractivity contribution in [2.24, 2.45) is 0 Å². The Morgan fingerprint density at radius 3 is 2.08 bits per heavy atom. The van der Waals surface area contributed by atoms with Crippen LogP contribution in [0.5, 0.6) is 0 Å². The van der Waals surface area contributed by atoms with Gasteiger partial charge in [-0.15, -0.1) is 0 Å². The normalized spacial score (nSPS) is 18.8. The highest BCUT2D eigenvalue weighted by molar-refractivity contribution is 4.87. The summed E-state index contributed by atoms with van der Waals surface area (Å²) in [4.78, 5) is 2.65. The molecule has 0 amide bonds. The van der Waals surface area contributed by atoms with Crippen molar-refractivity contribution in [3.63, 3.8) is 0 Å². The van der Waals surface area contributed by atoms with Gasteiger partial charge in [0.1, 0.15) is 0 Å². The second-order valence-electron chi connectivity index (χ2n) is 3.61. The molecule has 12 heavy (non-hydrogen) atoms. The summed E-state index contributed by atoms with van der Waals surface area (Å²) in [5.41, 5.74) is 0. The van der Waals surface area contributed by atoms with Crippen molar-refractivity contribution in [3.8, 4) is 0 Å². The lowest BCUT2D eigenvalue weighted by atomic mass is 10.0. The van der Waals surface area contributed by atoms with Crippen LogP contribution in [0.3, 0.4) is 0 Å². The maximum Gasteiger partial charge on any atom is 0.0348 e. The van der Waals surface area contributed by atoms with Gasteiger partial charge in [0.2, 0.25) is 0 Å². The van der Waals surface area contributed by atoms with Gasteiger partial charge in [0.05, 0.1) is 0 Å². The summed E-state index contributed by atoms with van der Waals surface area (Å²) in [6, 6.07) is 1.63. The summed E-state index contributed by atoms with van der Waals surface area (Å²) < 4.78 is 0. The average Bonchev–Trinajstić information content (AvgIpc) is 2.01. The highest BCUT2D eigenvalue weighted by atomic mass is 15.2. The molecule has 0 aromatic carbocycles. The summed E-state index contributed by atoms with van der Waals surface area (Å²) in [7, 11) is 0. The fourth-order valence-electron chi connectivity index (χ4n) is 2.08. The molecular formula is C10H22N2. The molecule has 2 nitrogen and oxygen atoms in total. The number of hydrogen-bond acceptors (Lipinski definition) is 2. The summed E-state index contributed by atoms with van der Waals surface area (Å²) in [6.07, 6.45) is 2.58. The SMILES string of the molecule is CCC(CC)N(CC)C1CNC1. The number of rotatable bonds is 5. The highest BCUT2D eigenvalue weighted by Crippen LogP contribution is 2.14. The van der Waals surface area contributed by atoms with E-state index in [0.29, 0.717) is 0 Å². The minimum absolute atomic E-state index is 0.807. The Hall–Kier alpha value is -0.0800. The molecule has 0 unspecified atom stereocenters. The lowest BCUT2D eigenvalue weighted by Gasteiger charge is -2.42. The van der Waals surface area contributed by atoms with Crippen LogP contribution in [0, 0.1) is 0 Å². The Morgan fingerprint density at radius 1 is 1.25 bits per heavy atom. The first kappa shape index (κ1) is 10.0. The number of nitrogens with one attached hydrogen (secondary N) is 1. The van der Waals surface area contributed by atoms with Crippen LogP contribution < -0.4 is 5.32 Å². The van der Waals surface area contributed by atoms with Crippen LogP contribution in [0.1, 0.15) is 33.6 Å². The zero-order valence-electron chi connectivity index (χ0n) is 8.64. The van der Waals surface area contributed by atoms with Crippen LogP contribution in [0.2, 0.25) is 0 Å². The first-order valence-electron chi connectivity index (χ1n) is 5.29. The van der Waals surface area contributed by atoms with Crippen molar-refractivity contribution in [1.82, 2.24) is 10.2 Å². The third-order valence-corrected chi connectivity index (χ3v) is 3.01. The molecule has 0 spiro atoms. The largest absolute Gasteiger partial charge is 0.314 e. The van der Waals surface area contributed by atoms with E-state index in [4.69, 9.17) is 0 Å². The molecule has 0 bridgehead atoms. The van der Waals surface area contributed by atoms with Gasteiger partial charge in [-0.05, 0) is 19.4 Å². The predicted octanol–water partition coefficient (Wildman–Crippen LogP) is 1.47. The van der Waals surface area contributed by atoms with Gasteiger partial charge in [0.25, 0.3) is 0 Å². The van der Waals surface area contributed by atoms with Crippen LogP contribution in [-0.4, -0.2) is 36.6 Å². The Morgan fingerprint density at radius 2 is 1.83 bits per heavy atom. The number of likely N-dealkylation sites (N-methyl/N-ethyl adjacent to an activating group) is 1. The lowest BCUT2D eigenvalue weighted by Crippen LogP contribution is -2.59. The summed E-state index contributed by atoms with van der Waals surface area (Å²) in [6.45, 7) is 10.5. The first-order chi connectivity index (χ1) is 5.83. The van der Waals surface area contributed by atoms with Crippen molar-refractivity contribution >= 4 is 0 Å². The molecule has 0 saturated carbocycles. The second-order valence-corrected chi connectivity index (χ2v) is 3.61. The summed E-state index contributed by atoms with van der Waals surface area (Å²) in [5.74, 6) is 0. The predicted molar refractivity (Wildman–Crippen MR) is 53.4 cm³/mol. The molecule has 1 heterocycles. The lowest BCUT2D eigenvalue weighted by molar-refractivity contribution is 0.0959. The molecule has 1 fully saturated rings. The molecule has 0 aromatic rings. The molecule has 1 saturated heterocycles. The standard InChI is InChI=1S/C10H22N2/c1-4-9(5-2)12(6-3)10-7-11-8-10/h9-11H,4-8H2,1-3H3. The van der Waals surface area contributed by atoms with E-state index >= 15 is 0 Å². The highest BCUT2D eigenvalue weighted by Gasteiger charge is 2.27. The van der Waals surface area contributed by atoms with E-state index in [1.807, 2.05) is 0 Å².